The number of halogens is 1. The first-order valence-electron chi connectivity index (χ1n) is 10.0. The van der Waals surface area contributed by atoms with Crippen LogP contribution in [0.15, 0.2) is 72.1 Å². The fourth-order valence-corrected chi connectivity index (χ4v) is 5.33. The Kier molecular flexibility index (Phi) is 5.53. The second-order valence-electron chi connectivity index (χ2n) is 7.22. The van der Waals surface area contributed by atoms with Gasteiger partial charge in [-0.3, -0.25) is 4.79 Å². The van der Waals surface area contributed by atoms with Gasteiger partial charge in [0.05, 0.1) is 29.1 Å². The molecular formula is C25H18FN3O2S2. The molecule has 0 radical (unpaired) electrons. The number of fused-ring (bicyclic) bond motifs is 1. The number of carbonyl (C=O) groups is 1. The van der Waals surface area contributed by atoms with Crippen molar-refractivity contribution in [2.45, 2.75) is 0 Å². The van der Waals surface area contributed by atoms with Crippen LogP contribution in [0.25, 0.3) is 31.9 Å². The van der Waals surface area contributed by atoms with Crippen molar-refractivity contribution >= 4 is 50.2 Å². The molecule has 0 spiro atoms. The number of carbonyl (C=O) groups excluding carboxylic acids is 1. The van der Waals surface area contributed by atoms with Crippen molar-refractivity contribution in [3.8, 4) is 27.4 Å². The Morgan fingerprint density at radius 3 is 2.61 bits per heavy atom. The maximum absolute atomic E-state index is 13.6. The molecule has 3 N–H and O–H groups in total. The minimum atomic E-state index is -0.345. The summed E-state index contributed by atoms with van der Waals surface area (Å²) in [4.78, 5) is 20.0. The summed E-state index contributed by atoms with van der Waals surface area (Å²) in [7, 11) is 1.55. The second kappa shape index (κ2) is 8.65. The average Bonchev–Trinajstić information content (AvgIpc) is 3.48. The van der Waals surface area contributed by atoms with E-state index < -0.39 is 0 Å². The first-order valence-corrected chi connectivity index (χ1v) is 11.7. The van der Waals surface area contributed by atoms with Crippen molar-refractivity contribution in [3.05, 3.63) is 82.8 Å². The third-order valence-electron chi connectivity index (χ3n) is 5.19. The molecule has 3 heterocycles. The molecule has 164 valence electrons. The normalized spacial score (nSPS) is 11.0. The van der Waals surface area contributed by atoms with Gasteiger partial charge in [-0.05, 0) is 52.9 Å². The number of nitrogens with two attached hydrogens (primary N) is 1. The first kappa shape index (κ1) is 21.1. The summed E-state index contributed by atoms with van der Waals surface area (Å²) in [5, 5.41) is 5.54. The van der Waals surface area contributed by atoms with Crippen LogP contribution in [0.1, 0.15) is 9.67 Å². The van der Waals surface area contributed by atoms with Crippen molar-refractivity contribution in [2.24, 2.45) is 0 Å². The maximum atomic E-state index is 13.6. The highest BCUT2D eigenvalue weighted by Crippen LogP contribution is 2.42. The zero-order chi connectivity index (χ0) is 22.9. The number of nitrogens with zero attached hydrogens (tertiary/aromatic N) is 1. The van der Waals surface area contributed by atoms with Gasteiger partial charge in [-0.1, -0.05) is 30.3 Å². The number of rotatable bonds is 5. The van der Waals surface area contributed by atoms with Gasteiger partial charge in [0.2, 0.25) is 0 Å². The van der Waals surface area contributed by atoms with Crippen molar-refractivity contribution in [3.63, 3.8) is 0 Å². The van der Waals surface area contributed by atoms with Gasteiger partial charge in [-0.2, -0.15) is 0 Å². The zero-order valence-corrected chi connectivity index (χ0v) is 19.1. The highest BCUT2D eigenvalue weighted by molar-refractivity contribution is 7.21. The number of para-hydroxylation sites is 2. The van der Waals surface area contributed by atoms with E-state index in [2.05, 4.69) is 5.32 Å². The van der Waals surface area contributed by atoms with Crippen LogP contribution < -0.4 is 15.8 Å². The van der Waals surface area contributed by atoms with E-state index in [0.717, 1.165) is 21.7 Å². The molecule has 0 aliphatic heterocycles. The van der Waals surface area contributed by atoms with Crippen LogP contribution in [0.5, 0.6) is 5.75 Å². The molecule has 0 saturated heterocycles. The quantitative estimate of drug-likeness (QED) is 0.297. The van der Waals surface area contributed by atoms with Crippen LogP contribution >= 0.6 is 22.7 Å². The zero-order valence-electron chi connectivity index (χ0n) is 17.5. The number of nitrogen functional groups attached to an aromatic ring is 1. The lowest BCUT2D eigenvalue weighted by Crippen LogP contribution is -2.12. The SMILES string of the molecule is COc1ccccc1NC(=O)c1sc2nc(-c3cccs3)cc(-c3ccc(F)cc3)c2c1N. The Hall–Kier alpha value is -3.75. The van der Waals surface area contributed by atoms with E-state index >= 15 is 0 Å². The van der Waals surface area contributed by atoms with E-state index in [1.54, 1.807) is 42.7 Å². The van der Waals surface area contributed by atoms with E-state index in [1.165, 1.54) is 23.5 Å². The Morgan fingerprint density at radius 1 is 1.09 bits per heavy atom. The molecule has 5 nitrogen and oxygen atoms in total. The van der Waals surface area contributed by atoms with E-state index in [4.69, 9.17) is 15.5 Å². The Labute approximate surface area is 197 Å². The van der Waals surface area contributed by atoms with Crippen LogP contribution in [0, 0.1) is 5.82 Å². The van der Waals surface area contributed by atoms with Crippen LogP contribution in [-0.2, 0) is 0 Å². The minimum Gasteiger partial charge on any atom is -0.495 e. The third-order valence-corrected chi connectivity index (χ3v) is 7.18. The average molecular weight is 476 g/mol. The topological polar surface area (TPSA) is 77.2 Å². The lowest BCUT2D eigenvalue weighted by Gasteiger charge is -2.09. The molecule has 0 bridgehead atoms. The van der Waals surface area contributed by atoms with E-state index in [1.807, 2.05) is 35.7 Å². The number of nitrogens with one attached hydrogen (secondary N) is 1. The first-order chi connectivity index (χ1) is 16.0. The number of methoxy groups -OCH3 is 1. The molecule has 0 aliphatic rings. The summed E-state index contributed by atoms with van der Waals surface area (Å²) >= 11 is 2.80. The Bertz CT molecular complexity index is 1460. The predicted octanol–water partition coefficient (Wildman–Crippen LogP) is 6.67. The molecule has 3 aromatic heterocycles. The largest absolute Gasteiger partial charge is 0.495 e. The number of ether oxygens (including phenoxy) is 1. The van der Waals surface area contributed by atoms with Crippen molar-refractivity contribution in [1.29, 1.82) is 0 Å². The number of pyridine rings is 1. The fourth-order valence-electron chi connectivity index (χ4n) is 3.62. The van der Waals surface area contributed by atoms with E-state index in [-0.39, 0.29) is 11.7 Å². The number of hydrogen-bond acceptors (Lipinski definition) is 6. The number of amides is 1. The van der Waals surface area contributed by atoms with Gasteiger partial charge < -0.3 is 15.8 Å². The summed E-state index contributed by atoms with van der Waals surface area (Å²) in [6.45, 7) is 0. The maximum Gasteiger partial charge on any atom is 0.268 e. The molecule has 0 saturated carbocycles. The van der Waals surface area contributed by atoms with E-state index in [9.17, 15) is 9.18 Å². The van der Waals surface area contributed by atoms with Gasteiger partial charge in [0.1, 0.15) is 21.3 Å². The van der Waals surface area contributed by atoms with Crippen LogP contribution in [0.3, 0.4) is 0 Å². The van der Waals surface area contributed by atoms with Gasteiger partial charge in [0.25, 0.3) is 5.91 Å². The van der Waals surface area contributed by atoms with Crippen molar-refractivity contribution in [2.75, 3.05) is 18.2 Å². The minimum absolute atomic E-state index is 0.322. The molecule has 1 amide bonds. The summed E-state index contributed by atoms with van der Waals surface area (Å²) in [5.41, 5.74) is 9.76. The molecule has 0 fully saturated rings. The molecule has 5 aromatic rings. The van der Waals surface area contributed by atoms with Crippen LogP contribution in [-0.4, -0.2) is 18.0 Å². The smallest absolute Gasteiger partial charge is 0.268 e. The monoisotopic (exact) mass is 475 g/mol. The molecule has 33 heavy (non-hydrogen) atoms. The van der Waals surface area contributed by atoms with Crippen LogP contribution in [0.4, 0.5) is 15.8 Å². The number of benzene rings is 2. The summed E-state index contributed by atoms with van der Waals surface area (Å²) in [5.74, 6) is -0.115. The fraction of sp³-hybridized carbons (Fsp3) is 0.0400. The van der Waals surface area contributed by atoms with Gasteiger partial charge in [0.15, 0.2) is 0 Å². The number of anilines is 2. The van der Waals surface area contributed by atoms with Crippen LogP contribution in [0.2, 0.25) is 0 Å². The van der Waals surface area contributed by atoms with Gasteiger partial charge in [-0.15, -0.1) is 22.7 Å². The highest BCUT2D eigenvalue weighted by Gasteiger charge is 2.22. The highest BCUT2D eigenvalue weighted by atomic mass is 32.1. The second-order valence-corrected chi connectivity index (χ2v) is 9.17. The van der Waals surface area contributed by atoms with E-state index in [0.29, 0.717) is 32.2 Å². The molecule has 0 atom stereocenters. The molecule has 5 rings (SSSR count). The standard InChI is InChI=1S/C25H18FN3O2S2/c1-31-19-6-3-2-5-17(19)28-24(30)23-22(27)21-16(14-8-10-15(26)11-9-14)13-18(29-25(21)33-23)20-7-4-12-32-20/h2-13H,27H2,1H3,(H,28,30). The molecular weight excluding hydrogens is 457 g/mol. The number of thiophene rings is 2. The van der Waals surface area contributed by atoms with Crippen molar-refractivity contribution < 1.29 is 13.9 Å². The lowest BCUT2D eigenvalue weighted by atomic mass is 10.0. The molecule has 2 aromatic carbocycles. The molecule has 0 aliphatic carbocycles. The third kappa shape index (κ3) is 3.94. The van der Waals surface area contributed by atoms with Gasteiger partial charge in [0, 0.05) is 5.39 Å². The lowest BCUT2D eigenvalue weighted by molar-refractivity contribution is 0.103. The Morgan fingerprint density at radius 2 is 1.88 bits per heavy atom. The summed E-state index contributed by atoms with van der Waals surface area (Å²) in [6, 6.07) is 19.3. The Balaban J connectivity index is 1.66. The number of aromatic nitrogens is 1. The predicted molar refractivity (Wildman–Crippen MR) is 134 cm³/mol. The summed E-state index contributed by atoms with van der Waals surface area (Å²) in [6.07, 6.45) is 0. The number of hydrogen-bond donors (Lipinski definition) is 2. The summed E-state index contributed by atoms with van der Waals surface area (Å²) < 4.78 is 18.9. The molecule has 0 unspecified atom stereocenters. The molecule has 8 heteroatoms. The van der Waals surface area contributed by atoms with Crippen molar-refractivity contribution in [1.82, 2.24) is 4.98 Å². The van der Waals surface area contributed by atoms with Gasteiger partial charge >= 0.3 is 0 Å². The van der Waals surface area contributed by atoms with Gasteiger partial charge in [-0.25, -0.2) is 9.37 Å².